The van der Waals surface area contributed by atoms with Crippen molar-refractivity contribution < 1.29 is 27.5 Å². The first-order valence-electron chi connectivity index (χ1n) is 10.8. The molecule has 0 spiro atoms. The highest BCUT2D eigenvalue weighted by molar-refractivity contribution is 5.95. The van der Waals surface area contributed by atoms with Crippen molar-refractivity contribution >= 4 is 11.8 Å². The van der Waals surface area contributed by atoms with Crippen molar-refractivity contribution in [2.24, 2.45) is 0 Å². The van der Waals surface area contributed by atoms with Crippen LogP contribution in [0.5, 0.6) is 11.5 Å². The van der Waals surface area contributed by atoms with Crippen molar-refractivity contribution in [1.29, 1.82) is 0 Å². The standard InChI is InChI=1S/C26H23F3N2O3/c1-30-24(32)18-10-8-17(9-11-18)16-31(21-12-13-21)25(33)19-4-2-6-22(14-19)34-23-7-3-5-20(15-23)26(27,28)29/h2-11,14-15,21H,12-13,16H2,1H3,(H,30,32). The smallest absolute Gasteiger partial charge is 0.416 e. The second-order valence-electron chi connectivity index (χ2n) is 8.10. The Morgan fingerprint density at radius 1 is 0.941 bits per heavy atom. The summed E-state index contributed by atoms with van der Waals surface area (Å²) < 4.78 is 44.6. The van der Waals surface area contributed by atoms with Crippen molar-refractivity contribution in [3.8, 4) is 11.5 Å². The fraction of sp³-hybridized carbons (Fsp3) is 0.231. The van der Waals surface area contributed by atoms with E-state index < -0.39 is 11.7 Å². The topological polar surface area (TPSA) is 58.6 Å². The van der Waals surface area contributed by atoms with Gasteiger partial charge in [0.1, 0.15) is 11.5 Å². The third-order valence-electron chi connectivity index (χ3n) is 5.52. The lowest BCUT2D eigenvalue weighted by Crippen LogP contribution is -2.32. The maximum Gasteiger partial charge on any atom is 0.416 e. The minimum absolute atomic E-state index is 0.0367. The minimum atomic E-state index is -4.47. The summed E-state index contributed by atoms with van der Waals surface area (Å²) in [5, 5.41) is 2.57. The summed E-state index contributed by atoms with van der Waals surface area (Å²) >= 11 is 0. The molecular formula is C26H23F3N2O3. The molecule has 0 saturated heterocycles. The van der Waals surface area contributed by atoms with Gasteiger partial charge in [-0.1, -0.05) is 24.3 Å². The number of amides is 2. The Morgan fingerprint density at radius 3 is 2.21 bits per heavy atom. The average molecular weight is 468 g/mol. The van der Waals surface area contributed by atoms with E-state index in [0.29, 0.717) is 17.7 Å². The Hall–Kier alpha value is -3.81. The number of rotatable bonds is 7. The maximum atomic E-state index is 13.3. The molecule has 5 nitrogen and oxygen atoms in total. The van der Waals surface area contributed by atoms with Gasteiger partial charge in [0.05, 0.1) is 5.56 Å². The third-order valence-corrected chi connectivity index (χ3v) is 5.52. The van der Waals surface area contributed by atoms with Gasteiger partial charge in [-0.15, -0.1) is 0 Å². The Morgan fingerprint density at radius 2 is 1.59 bits per heavy atom. The lowest BCUT2D eigenvalue weighted by Gasteiger charge is -2.23. The van der Waals surface area contributed by atoms with Gasteiger partial charge in [-0.05, 0) is 66.9 Å². The Kier molecular flexibility index (Phi) is 6.58. The number of hydrogen-bond acceptors (Lipinski definition) is 3. The monoisotopic (exact) mass is 468 g/mol. The van der Waals surface area contributed by atoms with E-state index >= 15 is 0 Å². The lowest BCUT2D eigenvalue weighted by molar-refractivity contribution is -0.137. The first kappa shape index (κ1) is 23.4. The van der Waals surface area contributed by atoms with Crippen molar-refractivity contribution in [3.63, 3.8) is 0 Å². The van der Waals surface area contributed by atoms with Crippen LogP contribution in [0.15, 0.2) is 72.8 Å². The highest BCUT2D eigenvalue weighted by Gasteiger charge is 2.33. The second kappa shape index (κ2) is 9.59. The van der Waals surface area contributed by atoms with E-state index in [0.717, 1.165) is 30.5 Å². The molecule has 3 aromatic carbocycles. The number of halogens is 3. The zero-order chi connectivity index (χ0) is 24.3. The van der Waals surface area contributed by atoms with E-state index in [1.165, 1.54) is 18.2 Å². The molecule has 0 aliphatic heterocycles. The predicted octanol–water partition coefficient (Wildman–Crippen LogP) is 5.66. The van der Waals surface area contributed by atoms with E-state index in [1.54, 1.807) is 42.3 Å². The summed E-state index contributed by atoms with van der Waals surface area (Å²) in [5.41, 5.74) is 1.01. The molecule has 0 unspecified atom stereocenters. The summed E-state index contributed by atoms with van der Waals surface area (Å²) in [6.45, 7) is 0.385. The zero-order valence-corrected chi connectivity index (χ0v) is 18.4. The van der Waals surface area contributed by atoms with Gasteiger partial charge in [-0.25, -0.2) is 0 Å². The van der Waals surface area contributed by atoms with Crippen LogP contribution in [0.2, 0.25) is 0 Å². The number of carbonyl (C=O) groups excluding carboxylic acids is 2. The van der Waals surface area contributed by atoms with Gasteiger partial charge in [0.25, 0.3) is 11.8 Å². The first-order chi connectivity index (χ1) is 16.2. The molecule has 176 valence electrons. The van der Waals surface area contributed by atoms with Gasteiger partial charge in [-0.3, -0.25) is 9.59 Å². The van der Waals surface area contributed by atoms with Crippen LogP contribution in [0.1, 0.15) is 44.7 Å². The lowest BCUT2D eigenvalue weighted by atomic mass is 10.1. The number of alkyl halides is 3. The number of carbonyl (C=O) groups is 2. The van der Waals surface area contributed by atoms with Gasteiger partial charge in [0, 0.05) is 30.8 Å². The molecule has 1 saturated carbocycles. The predicted molar refractivity (Wildman–Crippen MR) is 121 cm³/mol. The molecule has 1 fully saturated rings. The summed E-state index contributed by atoms with van der Waals surface area (Å²) in [6.07, 6.45) is -2.66. The maximum absolute atomic E-state index is 13.3. The van der Waals surface area contributed by atoms with Gasteiger partial charge in [0.15, 0.2) is 0 Å². The molecule has 1 aliphatic carbocycles. The van der Waals surface area contributed by atoms with E-state index in [9.17, 15) is 22.8 Å². The number of nitrogens with zero attached hydrogens (tertiary/aromatic N) is 1. The fourth-order valence-electron chi connectivity index (χ4n) is 3.59. The highest BCUT2D eigenvalue weighted by atomic mass is 19.4. The van der Waals surface area contributed by atoms with Gasteiger partial charge in [-0.2, -0.15) is 13.2 Å². The molecule has 1 N–H and O–H groups in total. The minimum Gasteiger partial charge on any atom is -0.457 e. The average Bonchev–Trinajstić information content (AvgIpc) is 3.67. The van der Waals surface area contributed by atoms with Crippen LogP contribution in [0.25, 0.3) is 0 Å². The summed E-state index contributed by atoms with van der Waals surface area (Å²) in [5.74, 6) is -0.0582. The Labute approximate surface area is 195 Å². The molecule has 3 aromatic rings. The highest BCUT2D eigenvalue weighted by Crippen LogP contribution is 2.34. The SMILES string of the molecule is CNC(=O)c1ccc(CN(C(=O)c2cccc(Oc3cccc(C(F)(F)F)c3)c2)C2CC2)cc1. The molecule has 0 heterocycles. The Balaban J connectivity index is 1.50. The normalized spacial score (nSPS) is 13.3. The molecule has 4 rings (SSSR count). The van der Waals surface area contributed by atoms with Crippen molar-refractivity contribution in [3.05, 3.63) is 95.1 Å². The summed E-state index contributed by atoms with van der Waals surface area (Å²) in [6, 6.07) is 18.2. The number of ether oxygens (including phenoxy) is 1. The molecule has 2 amide bonds. The molecule has 1 aliphatic rings. The zero-order valence-electron chi connectivity index (χ0n) is 18.4. The Bertz CT molecular complexity index is 1190. The van der Waals surface area contributed by atoms with Crippen LogP contribution >= 0.6 is 0 Å². The molecule has 8 heteroatoms. The van der Waals surface area contributed by atoms with Crippen LogP contribution in [0.3, 0.4) is 0 Å². The molecular weight excluding hydrogens is 445 g/mol. The number of hydrogen-bond donors (Lipinski definition) is 1. The van der Waals surface area contributed by atoms with Gasteiger partial charge in [0.2, 0.25) is 0 Å². The van der Waals surface area contributed by atoms with Crippen molar-refractivity contribution in [2.75, 3.05) is 7.05 Å². The van der Waals surface area contributed by atoms with Gasteiger partial charge < -0.3 is 15.0 Å². The van der Waals surface area contributed by atoms with Crippen LogP contribution in [-0.4, -0.2) is 29.8 Å². The summed E-state index contributed by atoms with van der Waals surface area (Å²) in [7, 11) is 1.56. The van der Waals surface area contributed by atoms with Crippen molar-refractivity contribution in [1.82, 2.24) is 10.2 Å². The van der Waals surface area contributed by atoms with E-state index in [1.807, 2.05) is 12.1 Å². The summed E-state index contributed by atoms with van der Waals surface area (Å²) in [4.78, 5) is 26.8. The van der Waals surface area contributed by atoms with E-state index in [-0.39, 0.29) is 29.4 Å². The molecule has 0 atom stereocenters. The van der Waals surface area contributed by atoms with Crippen molar-refractivity contribution in [2.45, 2.75) is 31.6 Å². The van der Waals surface area contributed by atoms with E-state index in [4.69, 9.17) is 4.74 Å². The molecule has 0 bridgehead atoms. The third kappa shape index (κ3) is 5.57. The van der Waals surface area contributed by atoms with Crippen LogP contribution < -0.4 is 10.1 Å². The molecule has 0 aromatic heterocycles. The van der Waals surface area contributed by atoms with Gasteiger partial charge >= 0.3 is 6.18 Å². The number of nitrogens with one attached hydrogen (secondary N) is 1. The quantitative estimate of drug-likeness (QED) is 0.487. The molecule has 34 heavy (non-hydrogen) atoms. The number of benzene rings is 3. The van der Waals surface area contributed by atoms with Crippen LogP contribution in [0.4, 0.5) is 13.2 Å². The van der Waals surface area contributed by atoms with E-state index in [2.05, 4.69) is 5.32 Å². The first-order valence-corrected chi connectivity index (χ1v) is 10.8. The van der Waals surface area contributed by atoms with Crippen LogP contribution in [-0.2, 0) is 12.7 Å². The molecule has 0 radical (unpaired) electrons. The second-order valence-corrected chi connectivity index (χ2v) is 8.10. The largest absolute Gasteiger partial charge is 0.457 e. The van der Waals surface area contributed by atoms with Crippen LogP contribution in [0, 0.1) is 0 Å². The fourth-order valence-corrected chi connectivity index (χ4v) is 3.59.